The molecule has 0 aliphatic heterocycles. The van der Waals surface area contributed by atoms with Crippen LogP contribution in [0.5, 0.6) is 5.75 Å². The minimum atomic E-state index is -4.47. The first kappa shape index (κ1) is 40.3. The number of anilines is 1. The van der Waals surface area contributed by atoms with Gasteiger partial charge in [-0.25, -0.2) is 9.59 Å². The molecule has 2 N–H and O–H groups in total. The van der Waals surface area contributed by atoms with E-state index in [4.69, 9.17) is 19.3 Å². The number of carbonyl (C=O) groups is 2. The summed E-state index contributed by atoms with van der Waals surface area (Å²) in [6, 6.07) is 10.0. The van der Waals surface area contributed by atoms with Crippen molar-refractivity contribution in [1.82, 2.24) is 14.5 Å². The maximum absolute atomic E-state index is 12.9. The summed E-state index contributed by atoms with van der Waals surface area (Å²) in [5, 5.41) is 12.3. The van der Waals surface area contributed by atoms with Gasteiger partial charge in [0.2, 0.25) is 0 Å². The highest BCUT2D eigenvalue weighted by atomic mass is 19.4. The molecular formula is C38H42F6N4O6. The predicted octanol–water partition coefficient (Wildman–Crippen LogP) is 9.85. The molecule has 6 rings (SSSR count). The number of fused-ring (bicyclic) bond motifs is 1. The fourth-order valence-electron chi connectivity index (χ4n) is 5.87. The summed E-state index contributed by atoms with van der Waals surface area (Å²) in [5.41, 5.74) is -0.871. The molecule has 4 aromatic rings. The van der Waals surface area contributed by atoms with Gasteiger partial charge in [0, 0.05) is 24.0 Å². The fourth-order valence-corrected chi connectivity index (χ4v) is 5.87. The van der Waals surface area contributed by atoms with E-state index in [9.17, 15) is 35.9 Å². The number of ether oxygens (including phenoxy) is 3. The minimum Gasteiger partial charge on any atom is -0.490 e. The first-order chi connectivity index (χ1) is 24.9. The van der Waals surface area contributed by atoms with Crippen molar-refractivity contribution >= 4 is 28.8 Å². The van der Waals surface area contributed by atoms with Crippen LogP contribution in [-0.2, 0) is 21.8 Å². The molecule has 2 saturated carbocycles. The lowest BCUT2D eigenvalue weighted by Crippen LogP contribution is -2.32. The number of aromatic nitrogens is 3. The smallest absolute Gasteiger partial charge is 0.433 e. The molecular weight excluding hydrogens is 722 g/mol. The summed E-state index contributed by atoms with van der Waals surface area (Å²) >= 11 is 0. The molecule has 2 aliphatic carbocycles. The van der Waals surface area contributed by atoms with Gasteiger partial charge in [-0.15, -0.1) is 0 Å². The molecule has 0 saturated heterocycles. The summed E-state index contributed by atoms with van der Waals surface area (Å²) in [7, 11) is 0. The number of amides is 1. The van der Waals surface area contributed by atoms with E-state index in [1.54, 1.807) is 59.7 Å². The van der Waals surface area contributed by atoms with E-state index in [1.165, 1.54) is 35.3 Å². The van der Waals surface area contributed by atoms with Crippen LogP contribution in [0.3, 0.4) is 0 Å². The topological polar surface area (TPSA) is 125 Å². The Kier molecular flexibility index (Phi) is 11.3. The van der Waals surface area contributed by atoms with E-state index in [0.29, 0.717) is 48.0 Å². The van der Waals surface area contributed by atoms with Gasteiger partial charge < -0.3 is 19.3 Å². The minimum absolute atomic E-state index is 0.0474. The van der Waals surface area contributed by atoms with E-state index >= 15 is 0 Å². The zero-order valence-corrected chi connectivity index (χ0v) is 30.5. The molecule has 2 aliphatic rings. The van der Waals surface area contributed by atoms with Crippen molar-refractivity contribution in [2.45, 2.75) is 115 Å². The maximum Gasteiger partial charge on any atom is 0.433 e. The Labute approximate surface area is 307 Å². The molecule has 0 bridgehead atoms. The molecule has 54 heavy (non-hydrogen) atoms. The molecule has 0 spiro atoms. The highest BCUT2D eigenvalue weighted by Crippen LogP contribution is 2.41. The summed E-state index contributed by atoms with van der Waals surface area (Å²) in [4.78, 5) is 32.3. The van der Waals surface area contributed by atoms with Crippen LogP contribution in [0.25, 0.3) is 10.9 Å². The molecule has 10 nitrogen and oxygen atoms in total. The highest BCUT2D eigenvalue weighted by Gasteiger charge is 2.36. The molecule has 3 heterocycles. The Bertz CT molecular complexity index is 1940. The zero-order valence-electron chi connectivity index (χ0n) is 30.5. The van der Waals surface area contributed by atoms with Gasteiger partial charge in [0.05, 0.1) is 23.4 Å². The number of pyridine rings is 2. The number of carbonyl (C=O) groups excluding carboxylic acids is 2. The van der Waals surface area contributed by atoms with Crippen molar-refractivity contribution in [3.63, 3.8) is 0 Å². The number of hydrogen-bond acceptors (Lipinski definition) is 8. The molecule has 16 heteroatoms. The quantitative estimate of drug-likeness (QED) is 0.193. The Morgan fingerprint density at radius 3 is 1.72 bits per heavy atom. The second-order valence-corrected chi connectivity index (χ2v) is 15.4. The SMILES string of the molecule is CC(C)(C)OC(=O)Nc1cn(C(=O)OC(C)(C)C)c2ccc(OC3CC(c4ccc(C(F)(F)F)nc4)C3)cc12.OC1CC(c2ccc(C(F)(F)F)nc2)C1. The van der Waals surface area contributed by atoms with Crippen LogP contribution >= 0.6 is 0 Å². The van der Waals surface area contributed by atoms with Crippen LogP contribution in [0.2, 0.25) is 0 Å². The number of nitrogens with one attached hydrogen (secondary N) is 1. The maximum atomic E-state index is 12.9. The first-order valence-corrected chi connectivity index (χ1v) is 17.2. The van der Waals surface area contributed by atoms with E-state index in [1.807, 2.05) is 0 Å². The number of benzene rings is 1. The Morgan fingerprint density at radius 2 is 1.28 bits per heavy atom. The molecule has 0 unspecified atom stereocenters. The normalized spacial score (nSPS) is 20.2. The number of halogens is 6. The van der Waals surface area contributed by atoms with E-state index in [-0.39, 0.29) is 24.0 Å². The average molecular weight is 765 g/mol. The molecule has 3 aromatic heterocycles. The Morgan fingerprint density at radius 1 is 0.759 bits per heavy atom. The largest absolute Gasteiger partial charge is 0.490 e. The van der Waals surface area contributed by atoms with Gasteiger partial charge in [0.25, 0.3) is 0 Å². The number of aliphatic hydroxyl groups is 1. The van der Waals surface area contributed by atoms with Gasteiger partial charge in [-0.2, -0.15) is 26.3 Å². The molecule has 1 aromatic carbocycles. The van der Waals surface area contributed by atoms with Crippen molar-refractivity contribution in [3.05, 3.63) is 83.6 Å². The predicted molar refractivity (Wildman–Crippen MR) is 186 cm³/mol. The summed E-state index contributed by atoms with van der Waals surface area (Å²) in [6.07, 6.45) is -4.12. The second kappa shape index (κ2) is 15.1. The second-order valence-electron chi connectivity index (χ2n) is 15.4. The lowest BCUT2D eigenvalue weighted by atomic mass is 9.78. The van der Waals surface area contributed by atoms with Crippen LogP contribution < -0.4 is 10.1 Å². The van der Waals surface area contributed by atoms with E-state index < -0.39 is 47.1 Å². The van der Waals surface area contributed by atoms with Gasteiger partial charge in [-0.1, -0.05) is 12.1 Å². The summed E-state index contributed by atoms with van der Waals surface area (Å²) < 4.78 is 93.2. The fraction of sp³-hybridized carbons (Fsp3) is 0.474. The monoisotopic (exact) mass is 764 g/mol. The Hall–Kier alpha value is -4.86. The van der Waals surface area contributed by atoms with Gasteiger partial charge in [0.15, 0.2) is 0 Å². The number of alkyl halides is 6. The van der Waals surface area contributed by atoms with E-state index in [2.05, 4.69) is 15.3 Å². The third kappa shape index (κ3) is 10.4. The van der Waals surface area contributed by atoms with Crippen LogP contribution in [0, 0.1) is 0 Å². The van der Waals surface area contributed by atoms with Crippen molar-refractivity contribution in [1.29, 1.82) is 0 Å². The molecule has 0 radical (unpaired) electrons. The molecule has 1 amide bonds. The van der Waals surface area contributed by atoms with Crippen molar-refractivity contribution in [3.8, 4) is 5.75 Å². The van der Waals surface area contributed by atoms with Crippen molar-refractivity contribution in [2.24, 2.45) is 0 Å². The molecule has 0 atom stereocenters. The Balaban J connectivity index is 0.000000310. The first-order valence-electron chi connectivity index (χ1n) is 17.2. The lowest BCUT2D eigenvalue weighted by molar-refractivity contribution is -0.142. The number of rotatable bonds is 5. The van der Waals surface area contributed by atoms with Gasteiger partial charge >= 0.3 is 24.5 Å². The number of nitrogens with zero attached hydrogens (tertiary/aromatic N) is 3. The van der Waals surface area contributed by atoms with Crippen LogP contribution in [0.4, 0.5) is 41.6 Å². The van der Waals surface area contributed by atoms with Crippen molar-refractivity contribution in [2.75, 3.05) is 5.32 Å². The standard InChI is InChI=1S/C28H32F3N3O5.C10H10F3NO/c1-26(2,3)38-24(35)33-21-15-34(25(36)39-27(4,5)6)22-9-8-18(13-20(21)22)37-19-11-17(12-19)16-7-10-23(32-14-16)28(29,30)31;11-10(12,13)9-2-1-6(5-14-9)7-3-8(15)4-7/h7-10,13-15,17,19H,11-12H2,1-6H3,(H,33,35);1-2,5,7-8,15H,3-4H2. The third-order valence-electron chi connectivity index (χ3n) is 8.61. The van der Waals surface area contributed by atoms with E-state index in [0.717, 1.165) is 23.3 Å². The van der Waals surface area contributed by atoms with Crippen LogP contribution in [0.15, 0.2) is 61.1 Å². The third-order valence-corrected chi connectivity index (χ3v) is 8.61. The average Bonchev–Trinajstić information content (AvgIpc) is 3.36. The zero-order chi connectivity index (χ0) is 39.8. The number of aliphatic hydroxyl groups excluding tert-OH is 1. The van der Waals surface area contributed by atoms with Gasteiger partial charge in [-0.3, -0.25) is 19.9 Å². The number of hydrogen-bond donors (Lipinski definition) is 2. The van der Waals surface area contributed by atoms with Gasteiger partial charge in [0.1, 0.15) is 28.3 Å². The van der Waals surface area contributed by atoms with Gasteiger partial charge in [-0.05, 0) is 121 Å². The summed E-state index contributed by atoms with van der Waals surface area (Å²) in [5.74, 6) is 0.728. The summed E-state index contributed by atoms with van der Waals surface area (Å²) in [6.45, 7) is 10.5. The van der Waals surface area contributed by atoms with Crippen LogP contribution in [-0.4, -0.2) is 55.2 Å². The molecule has 292 valence electrons. The molecule has 2 fully saturated rings. The van der Waals surface area contributed by atoms with Crippen molar-refractivity contribution < 1.29 is 55.2 Å². The highest BCUT2D eigenvalue weighted by molar-refractivity contribution is 6.03. The lowest BCUT2D eigenvalue weighted by Gasteiger charge is -2.35. The van der Waals surface area contributed by atoms with Crippen LogP contribution in [0.1, 0.15) is 102 Å².